The summed E-state index contributed by atoms with van der Waals surface area (Å²) >= 11 is 1.35. The van der Waals surface area contributed by atoms with Gasteiger partial charge in [-0.05, 0) is 50.8 Å². The predicted molar refractivity (Wildman–Crippen MR) is 90.3 cm³/mol. The lowest BCUT2D eigenvalue weighted by Crippen LogP contribution is -2.19. The average Bonchev–Trinajstić information content (AvgIpc) is 2.84. The highest BCUT2D eigenvalue weighted by Gasteiger charge is 2.26. The number of carbonyl (C=O) groups excluding carboxylic acids is 1. The Morgan fingerprint density at radius 3 is 2.45 bits per heavy atom. The Bertz CT molecular complexity index is 656. The number of thiazole rings is 1. The fourth-order valence-corrected chi connectivity index (χ4v) is 3.36. The number of hydrogen-bond acceptors (Lipinski definition) is 5. The highest BCUT2D eigenvalue weighted by atomic mass is 32.1. The predicted octanol–water partition coefficient (Wildman–Crippen LogP) is 3.54. The molecule has 1 heterocycles. The van der Waals surface area contributed by atoms with Gasteiger partial charge in [0.15, 0.2) is 5.13 Å². The largest absolute Gasteiger partial charge is 0.465 e. The summed E-state index contributed by atoms with van der Waals surface area (Å²) in [5, 5.41) is 2.32. The molecule has 0 radical (unpaired) electrons. The van der Waals surface area contributed by atoms with Crippen LogP contribution in [0, 0.1) is 20.8 Å². The summed E-state index contributed by atoms with van der Waals surface area (Å²) in [7, 11) is 0. The van der Waals surface area contributed by atoms with Crippen molar-refractivity contribution >= 4 is 22.4 Å². The molecule has 2 rings (SSSR count). The number of benzene rings is 1. The van der Waals surface area contributed by atoms with Gasteiger partial charge in [0.05, 0.1) is 12.3 Å². The van der Waals surface area contributed by atoms with Crippen molar-refractivity contribution in [3.05, 3.63) is 45.5 Å². The third-order valence-electron chi connectivity index (χ3n) is 3.72. The van der Waals surface area contributed by atoms with Crippen LogP contribution in [-0.2, 0) is 16.0 Å². The van der Waals surface area contributed by atoms with Gasteiger partial charge in [0, 0.05) is 5.38 Å². The second kappa shape index (κ2) is 6.92. The van der Waals surface area contributed by atoms with E-state index in [4.69, 9.17) is 10.5 Å². The van der Waals surface area contributed by atoms with Crippen molar-refractivity contribution in [2.24, 2.45) is 0 Å². The van der Waals surface area contributed by atoms with E-state index in [1.54, 1.807) is 0 Å². The van der Waals surface area contributed by atoms with Crippen LogP contribution < -0.4 is 5.73 Å². The number of ether oxygens (including phenoxy) is 1. The van der Waals surface area contributed by atoms with Crippen molar-refractivity contribution in [3.63, 3.8) is 0 Å². The Hall–Kier alpha value is -1.88. The van der Waals surface area contributed by atoms with Crippen molar-refractivity contribution in [2.75, 3.05) is 12.3 Å². The lowest BCUT2D eigenvalue weighted by atomic mass is 9.90. The van der Waals surface area contributed by atoms with Crippen LogP contribution in [0.3, 0.4) is 0 Å². The number of aromatic nitrogens is 1. The number of nitrogen functional groups attached to an aromatic ring is 1. The Balaban J connectivity index is 2.37. The highest BCUT2D eigenvalue weighted by molar-refractivity contribution is 7.13. The van der Waals surface area contributed by atoms with Gasteiger partial charge in [0.1, 0.15) is 5.92 Å². The molecule has 0 saturated heterocycles. The van der Waals surface area contributed by atoms with Gasteiger partial charge in [-0.3, -0.25) is 4.79 Å². The SMILES string of the molecule is CCOC(=O)C(Cc1c(C)cc(C)cc1C)c1csc(N)n1. The summed E-state index contributed by atoms with van der Waals surface area (Å²) in [5.74, 6) is -0.652. The standard InChI is InChI=1S/C17H22N2O2S/c1-5-21-16(20)14(15-9-22-17(18)19-15)8-13-11(3)6-10(2)7-12(13)4/h6-7,9,14H,5,8H2,1-4H3,(H2,18,19). The monoisotopic (exact) mass is 318 g/mol. The summed E-state index contributed by atoms with van der Waals surface area (Å²) < 4.78 is 5.23. The molecule has 0 fully saturated rings. The summed E-state index contributed by atoms with van der Waals surface area (Å²) in [5.41, 5.74) is 11.2. The zero-order chi connectivity index (χ0) is 16.3. The van der Waals surface area contributed by atoms with Gasteiger partial charge in [0.25, 0.3) is 0 Å². The second-order valence-corrected chi connectivity index (χ2v) is 6.39. The smallest absolute Gasteiger partial charge is 0.315 e. The van der Waals surface area contributed by atoms with Gasteiger partial charge in [0.2, 0.25) is 0 Å². The number of carbonyl (C=O) groups is 1. The van der Waals surface area contributed by atoms with E-state index in [0.29, 0.717) is 23.9 Å². The third kappa shape index (κ3) is 3.65. The van der Waals surface area contributed by atoms with E-state index in [1.165, 1.54) is 33.6 Å². The van der Waals surface area contributed by atoms with Crippen LogP contribution in [-0.4, -0.2) is 17.6 Å². The molecule has 0 bridgehead atoms. The minimum absolute atomic E-state index is 0.243. The van der Waals surface area contributed by atoms with Crippen LogP contribution in [0.25, 0.3) is 0 Å². The second-order valence-electron chi connectivity index (χ2n) is 5.50. The normalized spacial score (nSPS) is 12.2. The maximum atomic E-state index is 12.3. The number of nitrogens with zero attached hydrogens (tertiary/aromatic N) is 1. The summed E-state index contributed by atoms with van der Waals surface area (Å²) in [6, 6.07) is 4.28. The van der Waals surface area contributed by atoms with Crippen molar-refractivity contribution in [1.82, 2.24) is 4.98 Å². The molecule has 118 valence electrons. The Morgan fingerprint density at radius 1 is 1.32 bits per heavy atom. The molecule has 1 unspecified atom stereocenters. The van der Waals surface area contributed by atoms with Crippen LogP contribution in [0.15, 0.2) is 17.5 Å². The molecule has 0 spiro atoms. The Kier molecular flexibility index (Phi) is 5.19. The molecule has 0 saturated carbocycles. The average molecular weight is 318 g/mol. The maximum Gasteiger partial charge on any atom is 0.315 e. The van der Waals surface area contributed by atoms with Crippen LogP contribution in [0.4, 0.5) is 5.13 Å². The molecule has 1 aromatic carbocycles. The van der Waals surface area contributed by atoms with Crippen molar-refractivity contribution in [2.45, 2.75) is 40.0 Å². The molecule has 5 heteroatoms. The zero-order valence-electron chi connectivity index (χ0n) is 13.5. The molecule has 4 nitrogen and oxygen atoms in total. The number of aryl methyl sites for hydroxylation is 3. The number of hydrogen-bond donors (Lipinski definition) is 1. The number of nitrogens with two attached hydrogens (primary N) is 1. The van der Waals surface area contributed by atoms with Crippen LogP contribution in [0.2, 0.25) is 0 Å². The molecular formula is C17H22N2O2S. The molecule has 22 heavy (non-hydrogen) atoms. The molecule has 0 aliphatic rings. The van der Waals surface area contributed by atoms with Gasteiger partial charge in [-0.1, -0.05) is 17.7 Å². The Morgan fingerprint density at radius 2 is 1.95 bits per heavy atom. The number of anilines is 1. The molecule has 0 aliphatic carbocycles. The van der Waals surface area contributed by atoms with E-state index in [2.05, 4.69) is 37.9 Å². The van der Waals surface area contributed by atoms with Gasteiger partial charge in [-0.15, -0.1) is 11.3 Å². The van der Waals surface area contributed by atoms with Gasteiger partial charge in [-0.25, -0.2) is 4.98 Å². The Labute approximate surface area is 135 Å². The molecular weight excluding hydrogens is 296 g/mol. The van der Waals surface area contributed by atoms with Crippen LogP contribution in [0.1, 0.15) is 40.8 Å². The van der Waals surface area contributed by atoms with E-state index >= 15 is 0 Å². The molecule has 1 atom stereocenters. The quantitative estimate of drug-likeness (QED) is 0.856. The minimum Gasteiger partial charge on any atom is -0.465 e. The lowest BCUT2D eigenvalue weighted by Gasteiger charge is -2.17. The van der Waals surface area contributed by atoms with Crippen LogP contribution >= 0.6 is 11.3 Å². The van der Waals surface area contributed by atoms with Crippen molar-refractivity contribution < 1.29 is 9.53 Å². The van der Waals surface area contributed by atoms with E-state index in [1.807, 2.05) is 12.3 Å². The first kappa shape index (κ1) is 16.5. The van der Waals surface area contributed by atoms with Crippen molar-refractivity contribution in [3.8, 4) is 0 Å². The lowest BCUT2D eigenvalue weighted by molar-refractivity contribution is -0.145. The van der Waals surface area contributed by atoms with E-state index in [9.17, 15) is 4.79 Å². The first-order chi connectivity index (χ1) is 10.4. The maximum absolute atomic E-state index is 12.3. The minimum atomic E-state index is -0.409. The first-order valence-electron chi connectivity index (χ1n) is 7.36. The third-order valence-corrected chi connectivity index (χ3v) is 4.41. The molecule has 0 amide bonds. The fraction of sp³-hybridized carbons (Fsp3) is 0.412. The van der Waals surface area contributed by atoms with Crippen molar-refractivity contribution in [1.29, 1.82) is 0 Å². The molecule has 2 aromatic rings. The number of esters is 1. The van der Waals surface area contributed by atoms with E-state index in [-0.39, 0.29) is 5.97 Å². The van der Waals surface area contributed by atoms with Crippen LogP contribution in [0.5, 0.6) is 0 Å². The highest BCUT2D eigenvalue weighted by Crippen LogP contribution is 2.28. The van der Waals surface area contributed by atoms with E-state index in [0.717, 1.165) is 0 Å². The van der Waals surface area contributed by atoms with Gasteiger partial charge < -0.3 is 10.5 Å². The fourth-order valence-electron chi connectivity index (χ4n) is 2.75. The van der Waals surface area contributed by atoms with E-state index < -0.39 is 5.92 Å². The molecule has 1 aromatic heterocycles. The van der Waals surface area contributed by atoms with Gasteiger partial charge >= 0.3 is 5.97 Å². The summed E-state index contributed by atoms with van der Waals surface area (Å²) in [6.45, 7) is 8.40. The topological polar surface area (TPSA) is 65.2 Å². The van der Waals surface area contributed by atoms with Gasteiger partial charge in [-0.2, -0.15) is 0 Å². The summed E-state index contributed by atoms with van der Waals surface area (Å²) in [6.07, 6.45) is 0.583. The number of rotatable bonds is 5. The summed E-state index contributed by atoms with van der Waals surface area (Å²) in [4.78, 5) is 16.6. The molecule has 0 aliphatic heterocycles. The molecule has 2 N–H and O–H groups in total. The first-order valence-corrected chi connectivity index (χ1v) is 8.24. The zero-order valence-corrected chi connectivity index (χ0v) is 14.3.